The van der Waals surface area contributed by atoms with E-state index in [1.165, 1.54) is 19.3 Å². The maximum Gasteiger partial charge on any atom is 0.162 e. The zero-order chi connectivity index (χ0) is 9.99. The molecule has 78 valence electrons. The van der Waals surface area contributed by atoms with Crippen LogP contribution in [-0.4, -0.2) is 5.78 Å². The molecule has 1 nitrogen and oxygen atoms in total. The van der Waals surface area contributed by atoms with Gasteiger partial charge < -0.3 is 0 Å². The van der Waals surface area contributed by atoms with E-state index in [9.17, 15) is 4.79 Å². The Labute approximate surface area is 90.2 Å². The van der Waals surface area contributed by atoms with Crippen molar-refractivity contribution in [1.29, 1.82) is 0 Å². The third-order valence-electron chi connectivity index (χ3n) is 5.26. The molecule has 0 amide bonds. The minimum absolute atomic E-state index is 0.236. The average molecular weight is 200 g/mol. The molecule has 0 saturated heterocycles. The van der Waals surface area contributed by atoms with E-state index in [2.05, 4.69) is 18.2 Å². The van der Waals surface area contributed by atoms with Crippen LogP contribution >= 0.6 is 0 Å². The van der Waals surface area contributed by atoms with Gasteiger partial charge in [0.15, 0.2) is 5.78 Å². The molecule has 0 radical (unpaired) electrons. The fourth-order valence-corrected chi connectivity index (χ4v) is 4.78. The summed E-state index contributed by atoms with van der Waals surface area (Å²) in [4.78, 5) is 12.0. The molecule has 5 aliphatic rings. The second-order valence-corrected chi connectivity index (χ2v) is 5.74. The highest BCUT2D eigenvalue weighted by atomic mass is 16.1. The van der Waals surface area contributed by atoms with Gasteiger partial charge in [-0.05, 0) is 54.9 Å². The van der Waals surface area contributed by atoms with Crippen molar-refractivity contribution in [3.05, 3.63) is 24.3 Å². The Bertz CT molecular complexity index is 379. The van der Waals surface area contributed by atoms with Gasteiger partial charge in [-0.15, -0.1) is 0 Å². The van der Waals surface area contributed by atoms with E-state index < -0.39 is 0 Å². The number of fused-ring (bicyclic) bond motifs is 3. The Morgan fingerprint density at radius 2 is 1.80 bits per heavy atom. The quantitative estimate of drug-likeness (QED) is 0.549. The van der Waals surface area contributed by atoms with E-state index in [1.54, 1.807) is 0 Å². The number of rotatable bonds is 0. The van der Waals surface area contributed by atoms with Crippen molar-refractivity contribution >= 4 is 5.78 Å². The summed E-state index contributed by atoms with van der Waals surface area (Å²) in [5.74, 6) is 4.47. The van der Waals surface area contributed by atoms with Crippen molar-refractivity contribution in [1.82, 2.24) is 0 Å². The highest BCUT2D eigenvalue weighted by molar-refractivity contribution is 5.94. The maximum absolute atomic E-state index is 12.0. The highest BCUT2D eigenvalue weighted by Gasteiger charge is 2.54. The first-order valence-corrected chi connectivity index (χ1v) is 6.25. The first-order chi connectivity index (χ1) is 7.34. The predicted octanol–water partition coefficient (Wildman–Crippen LogP) is 2.59. The molecule has 2 saturated carbocycles. The zero-order valence-corrected chi connectivity index (χ0v) is 8.80. The lowest BCUT2D eigenvalue weighted by molar-refractivity contribution is -0.119. The van der Waals surface area contributed by atoms with Crippen molar-refractivity contribution < 1.29 is 4.79 Å². The van der Waals surface area contributed by atoms with Gasteiger partial charge in [-0.3, -0.25) is 4.79 Å². The lowest BCUT2D eigenvalue weighted by Gasteiger charge is -2.39. The van der Waals surface area contributed by atoms with Gasteiger partial charge >= 0.3 is 0 Å². The van der Waals surface area contributed by atoms with Crippen LogP contribution in [0.4, 0.5) is 0 Å². The molecule has 1 heteroatoms. The van der Waals surface area contributed by atoms with Gasteiger partial charge in [-0.1, -0.05) is 18.2 Å². The second kappa shape index (κ2) is 2.63. The number of hydrogen-bond acceptors (Lipinski definition) is 1. The summed E-state index contributed by atoms with van der Waals surface area (Å²) >= 11 is 0. The summed E-state index contributed by atoms with van der Waals surface area (Å²) in [6.45, 7) is 0. The fraction of sp³-hybridized carbons (Fsp3) is 0.643. The number of ketones is 1. The predicted molar refractivity (Wildman–Crippen MR) is 58.1 cm³/mol. The SMILES string of the molecule is O=C1C=C[C@@H]2C=C[C@H]1[C@H]1[C@@H]3CC[C@@H](C3)[C@@H]21. The van der Waals surface area contributed by atoms with Crippen LogP contribution in [0.2, 0.25) is 0 Å². The molecule has 0 heterocycles. The van der Waals surface area contributed by atoms with Crippen molar-refractivity contribution in [3.8, 4) is 0 Å². The second-order valence-electron chi connectivity index (χ2n) is 5.74. The Morgan fingerprint density at radius 1 is 1.00 bits per heavy atom. The number of carbonyl (C=O) groups is 1. The molecule has 5 aliphatic carbocycles. The smallest absolute Gasteiger partial charge is 0.162 e. The van der Waals surface area contributed by atoms with Crippen LogP contribution in [0, 0.1) is 35.5 Å². The summed E-state index contributed by atoms with van der Waals surface area (Å²) < 4.78 is 0. The molecule has 0 N–H and O–H groups in total. The van der Waals surface area contributed by atoms with Crippen LogP contribution < -0.4 is 0 Å². The van der Waals surface area contributed by atoms with Crippen molar-refractivity contribution in [3.63, 3.8) is 0 Å². The van der Waals surface area contributed by atoms with E-state index in [0.29, 0.717) is 17.6 Å². The van der Waals surface area contributed by atoms with Gasteiger partial charge in [0.1, 0.15) is 0 Å². The van der Waals surface area contributed by atoms with E-state index >= 15 is 0 Å². The molecule has 6 atom stereocenters. The minimum Gasteiger partial charge on any atom is -0.294 e. The molecular weight excluding hydrogens is 184 g/mol. The summed E-state index contributed by atoms with van der Waals surface area (Å²) in [6, 6.07) is 0. The van der Waals surface area contributed by atoms with Crippen LogP contribution in [0.5, 0.6) is 0 Å². The number of carbonyl (C=O) groups excluding carboxylic acids is 1. The van der Waals surface area contributed by atoms with E-state index in [0.717, 1.165) is 17.8 Å². The first kappa shape index (κ1) is 8.32. The molecule has 0 aromatic rings. The monoisotopic (exact) mass is 200 g/mol. The Balaban J connectivity index is 1.85. The summed E-state index contributed by atoms with van der Waals surface area (Å²) in [5.41, 5.74) is 0. The lowest BCUT2D eigenvalue weighted by Crippen LogP contribution is -2.36. The van der Waals surface area contributed by atoms with Gasteiger partial charge in [0, 0.05) is 5.92 Å². The normalized spacial score (nSPS) is 54.8. The van der Waals surface area contributed by atoms with Crippen molar-refractivity contribution in [2.75, 3.05) is 0 Å². The molecule has 0 spiro atoms. The fourth-order valence-electron chi connectivity index (χ4n) is 4.78. The number of hydrogen-bond donors (Lipinski definition) is 0. The molecule has 5 rings (SSSR count). The molecular formula is C14H16O. The Kier molecular flexibility index (Phi) is 1.46. The topological polar surface area (TPSA) is 17.1 Å². The van der Waals surface area contributed by atoms with Crippen LogP contribution in [0.15, 0.2) is 24.3 Å². The average Bonchev–Trinajstić information content (AvgIpc) is 2.79. The Morgan fingerprint density at radius 3 is 2.67 bits per heavy atom. The van der Waals surface area contributed by atoms with Crippen LogP contribution in [-0.2, 0) is 4.79 Å². The van der Waals surface area contributed by atoms with Gasteiger partial charge in [0.2, 0.25) is 0 Å². The molecule has 4 bridgehead atoms. The standard InChI is InChI=1S/C14H16O/c15-12-6-4-8-3-5-11(12)14-10-2-1-9(7-10)13(8)14/h3-6,8-11,13-14H,1-2,7H2/t8-,9-,10+,11+,13+,14+/m0/s1. The highest BCUT2D eigenvalue weighted by Crippen LogP contribution is 2.60. The molecule has 2 fully saturated rings. The van der Waals surface area contributed by atoms with Crippen LogP contribution in [0.3, 0.4) is 0 Å². The van der Waals surface area contributed by atoms with Gasteiger partial charge in [0.05, 0.1) is 0 Å². The zero-order valence-electron chi connectivity index (χ0n) is 8.80. The molecule has 0 aliphatic heterocycles. The van der Waals surface area contributed by atoms with Gasteiger partial charge in [-0.25, -0.2) is 0 Å². The van der Waals surface area contributed by atoms with E-state index in [-0.39, 0.29) is 5.92 Å². The summed E-state index contributed by atoms with van der Waals surface area (Å²) in [7, 11) is 0. The van der Waals surface area contributed by atoms with Gasteiger partial charge in [-0.2, -0.15) is 0 Å². The Hall–Kier alpha value is -0.850. The minimum atomic E-state index is 0.236. The largest absolute Gasteiger partial charge is 0.294 e. The molecule has 15 heavy (non-hydrogen) atoms. The van der Waals surface area contributed by atoms with Crippen molar-refractivity contribution in [2.24, 2.45) is 35.5 Å². The third kappa shape index (κ3) is 0.920. The van der Waals surface area contributed by atoms with Crippen LogP contribution in [0.25, 0.3) is 0 Å². The molecule has 0 aromatic carbocycles. The summed E-state index contributed by atoms with van der Waals surface area (Å²) in [5, 5.41) is 0. The first-order valence-electron chi connectivity index (χ1n) is 6.25. The lowest BCUT2D eigenvalue weighted by atomic mass is 9.65. The summed E-state index contributed by atoms with van der Waals surface area (Å²) in [6.07, 6.45) is 12.7. The van der Waals surface area contributed by atoms with Crippen molar-refractivity contribution in [2.45, 2.75) is 19.3 Å². The van der Waals surface area contributed by atoms with Crippen LogP contribution in [0.1, 0.15) is 19.3 Å². The molecule has 0 aromatic heterocycles. The van der Waals surface area contributed by atoms with E-state index in [1.807, 2.05) is 6.08 Å². The maximum atomic E-state index is 12.0. The van der Waals surface area contributed by atoms with E-state index in [4.69, 9.17) is 0 Å². The van der Waals surface area contributed by atoms with Gasteiger partial charge in [0.25, 0.3) is 0 Å². The molecule has 0 unspecified atom stereocenters. The number of allylic oxidation sites excluding steroid dienone is 4. The third-order valence-corrected chi connectivity index (χ3v) is 5.26.